The molecule has 0 saturated carbocycles. The van der Waals surface area contributed by atoms with Crippen molar-refractivity contribution in [3.8, 4) is 0 Å². The van der Waals surface area contributed by atoms with E-state index in [1.165, 1.54) is 11.6 Å². The molecule has 0 aliphatic heterocycles. The molecule has 19 heavy (non-hydrogen) atoms. The molecule has 5 heteroatoms. The highest BCUT2D eigenvalue weighted by Crippen LogP contribution is 2.20. The smallest absolute Gasteiger partial charge is 0.137 e. The summed E-state index contributed by atoms with van der Waals surface area (Å²) >= 11 is 3.27. The van der Waals surface area contributed by atoms with E-state index in [0.29, 0.717) is 11.0 Å². The number of aromatic nitrogens is 2. The fraction of sp³-hybridized carbons (Fsp3) is 0.357. The normalized spacial score (nSPS) is 10.9. The van der Waals surface area contributed by atoms with Crippen LogP contribution in [0.1, 0.15) is 23.7 Å². The Morgan fingerprint density at radius 3 is 2.79 bits per heavy atom. The van der Waals surface area contributed by atoms with Gasteiger partial charge in [-0.05, 0) is 34.0 Å². The first kappa shape index (κ1) is 14.2. The van der Waals surface area contributed by atoms with Crippen LogP contribution < -0.4 is 5.32 Å². The van der Waals surface area contributed by atoms with Crippen molar-refractivity contribution in [2.24, 2.45) is 7.05 Å². The van der Waals surface area contributed by atoms with Crippen molar-refractivity contribution in [1.82, 2.24) is 15.1 Å². The highest BCUT2D eigenvalue weighted by atomic mass is 79.9. The molecule has 2 rings (SSSR count). The predicted molar refractivity (Wildman–Crippen MR) is 77.2 cm³/mol. The van der Waals surface area contributed by atoms with Crippen LogP contribution in [0.15, 0.2) is 28.9 Å². The fourth-order valence-electron chi connectivity index (χ4n) is 2.05. The second-order valence-corrected chi connectivity index (χ2v) is 5.24. The van der Waals surface area contributed by atoms with Crippen molar-refractivity contribution in [2.75, 3.05) is 0 Å². The average Bonchev–Trinajstić information content (AvgIpc) is 2.75. The summed E-state index contributed by atoms with van der Waals surface area (Å²) in [6.07, 6.45) is 2.94. The summed E-state index contributed by atoms with van der Waals surface area (Å²) in [5.41, 5.74) is 3.22. The lowest BCUT2D eigenvalue weighted by Gasteiger charge is -2.07. The zero-order valence-electron chi connectivity index (χ0n) is 11.1. The monoisotopic (exact) mass is 325 g/mol. The third kappa shape index (κ3) is 3.42. The summed E-state index contributed by atoms with van der Waals surface area (Å²) in [6, 6.07) is 5.08. The van der Waals surface area contributed by atoms with Gasteiger partial charge in [-0.2, -0.15) is 5.10 Å². The Morgan fingerprint density at radius 2 is 2.05 bits per heavy atom. The minimum atomic E-state index is -0.227. The van der Waals surface area contributed by atoms with Crippen LogP contribution in [0.5, 0.6) is 0 Å². The maximum absolute atomic E-state index is 13.4. The van der Waals surface area contributed by atoms with Crippen LogP contribution in [-0.4, -0.2) is 9.78 Å². The van der Waals surface area contributed by atoms with Crippen LogP contribution >= 0.6 is 15.9 Å². The first-order valence-electron chi connectivity index (χ1n) is 6.26. The van der Waals surface area contributed by atoms with Gasteiger partial charge in [-0.3, -0.25) is 4.68 Å². The summed E-state index contributed by atoms with van der Waals surface area (Å²) in [4.78, 5) is 0. The maximum atomic E-state index is 13.4. The van der Waals surface area contributed by atoms with Gasteiger partial charge in [0.25, 0.3) is 0 Å². The van der Waals surface area contributed by atoms with E-state index in [-0.39, 0.29) is 5.82 Å². The van der Waals surface area contributed by atoms with E-state index in [1.54, 1.807) is 6.07 Å². The molecule has 0 spiro atoms. The quantitative estimate of drug-likeness (QED) is 0.915. The fourth-order valence-corrected chi connectivity index (χ4v) is 2.45. The van der Waals surface area contributed by atoms with E-state index in [2.05, 4.69) is 33.3 Å². The van der Waals surface area contributed by atoms with E-state index in [0.717, 1.165) is 24.2 Å². The van der Waals surface area contributed by atoms with Gasteiger partial charge >= 0.3 is 0 Å². The number of hydrogen-bond donors (Lipinski definition) is 1. The average molecular weight is 326 g/mol. The first-order chi connectivity index (χ1) is 9.11. The van der Waals surface area contributed by atoms with Crippen LogP contribution in [0.3, 0.4) is 0 Å². The topological polar surface area (TPSA) is 29.9 Å². The number of hydrogen-bond acceptors (Lipinski definition) is 2. The number of aryl methyl sites for hydroxylation is 2. The number of halogens is 2. The van der Waals surface area contributed by atoms with E-state index >= 15 is 0 Å². The van der Waals surface area contributed by atoms with Crippen molar-refractivity contribution in [3.63, 3.8) is 0 Å². The van der Waals surface area contributed by atoms with Crippen LogP contribution in [0.25, 0.3) is 0 Å². The zero-order chi connectivity index (χ0) is 13.8. The standard InChI is InChI=1S/C14H17BrFN3/c1-3-13-11(9-19(2)18-13)8-17-7-10-5-4-6-12(16)14(10)15/h4-6,9,17H,3,7-8H2,1-2H3. The molecule has 0 fully saturated rings. The molecule has 1 aromatic carbocycles. The van der Waals surface area contributed by atoms with Gasteiger partial charge in [0, 0.05) is 31.9 Å². The van der Waals surface area contributed by atoms with E-state index in [9.17, 15) is 4.39 Å². The number of benzene rings is 1. The molecule has 102 valence electrons. The Balaban J connectivity index is 1.98. The lowest BCUT2D eigenvalue weighted by molar-refractivity contribution is 0.612. The van der Waals surface area contributed by atoms with Crippen LogP contribution in [0.4, 0.5) is 4.39 Å². The molecule has 1 N–H and O–H groups in total. The van der Waals surface area contributed by atoms with Crippen LogP contribution in [0.2, 0.25) is 0 Å². The van der Waals surface area contributed by atoms with E-state index in [4.69, 9.17) is 0 Å². The third-order valence-corrected chi connectivity index (χ3v) is 3.88. The molecule has 0 bridgehead atoms. The Hall–Kier alpha value is -1.20. The van der Waals surface area contributed by atoms with Gasteiger partial charge < -0.3 is 5.32 Å². The van der Waals surface area contributed by atoms with Crippen molar-refractivity contribution in [2.45, 2.75) is 26.4 Å². The molecule has 0 unspecified atom stereocenters. The van der Waals surface area contributed by atoms with Gasteiger partial charge in [0.2, 0.25) is 0 Å². The van der Waals surface area contributed by atoms with E-state index < -0.39 is 0 Å². The molecule has 1 heterocycles. The molecular weight excluding hydrogens is 309 g/mol. The predicted octanol–water partition coefficient (Wildman–Crippen LogP) is 3.17. The molecule has 1 aromatic heterocycles. The SMILES string of the molecule is CCc1nn(C)cc1CNCc1cccc(F)c1Br. The second-order valence-electron chi connectivity index (χ2n) is 4.44. The van der Waals surface area contributed by atoms with Crippen molar-refractivity contribution >= 4 is 15.9 Å². The molecule has 0 aliphatic carbocycles. The summed E-state index contributed by atoms with van der Waals surface area (Å²) in [5.74, 6) is -0.227. The summed E-state index contributed by atoms with van der Waals surface area (Å²) < 4.78 is 15.7. The maximum Gasteiger partial charge on any atom is 0.137 e. The lowest BCUT2D eigenvalue weighted by Crippen LogP contribution is -2.14. The number of nitrogens with one attached hydrogen (secondary N) is 1. The van der Waals surface area contributed by atoms with Crippen molar-refractivity contribution in [3.05, 3.63) is 51.5 Å². The molecule has 0 radical (unpaired) electrons. The largest absolute Gasteiger partial charge is 0.308 e. The Kier molecular flexibility index (Phi) is 4.71. The molecule has 0 atom stereocenters. The van der Waals surface area contributed by atoms with Crippen LogP contribution in [-0.2, 0) is 26.6 Å². The third-order valence-electron chi connectivity index (χ3n) is 2.99. The molecule has 0 aliphatic rings. The Bertz CT molecular complexity index is 566. The van der Waals surface area contributed by atoms with Crippen molar-refractivity contribution in [1.29, 1.82) is 0 Å². The minimum absolute atomic E-state index is 0.227. The number of nitrogens with zero attached hydrogens (tertiary/aromatic N) is 2. The van der Waals surface area contributed by atoms with Gasteiger partial charge in [-0.15, -0.1) is 0 Å². The molecule has 0 saturated heterocycles. The molecular formula is C14H17BrFN3. The van der Waals surface area contributed by atoms with Gasteiger partial charge in [-0.25, -0.2) is 4.39 Å². The minimum Gasteiger partial charge on any atom is -0.308 e. The summed E-state index contributed by atoms with van der Waals surface area (Å²) in [7, 11) is 1.92. The van der Waals surface area contributed by atoms with Gasteiger partial charge in [0.15, 0.2) is 0 Å². The van der Waals surface area contributed by atoms with Gasteiger partial charge in [-0.1, -0.05) is 19.1 Å². The lowest BCUT2D eigenvalue weighted by atomic mass is 10.2. The Labute approximate surface area is 121 Å². The van der Waals surface area contributed by atoms with Gasteiger partial charge in [0.1, 0.15) is 5.82 Å². The highest BCUT2D eigenvalue weighted by molar-refractivity contribution is 9.10. The molecule has 3 nitrogen and oxygen atoms in total. The number of rotatable bonds is 5. The zero-order valence-corrected chi connectivity index (χ0v) is 12.7. The summed E-state index contributed by atoms with van der Waals surface area (Å²) in [5, 5.41) is 7.72. The first-order valence-corrected chi connectivity index (χ1v) is 7.06. The van der Waals surface area contributed by atoms with Crippen LogP contribution in [0, 0.1) is 5.82 Å². The second kappa shape index (κ2) is 6.30. The highest BCUT2D eigenvalue weighted by Gasteiger charge is 2.07. The molecule has 2 aromatic rings. The van der Waals surface area contributed by atoms with Crippen molar-refractivity contribution < 1.29 is 4.39 Å². The van der Waals surface area contributed by atoms with E-state index in [1.807, 2.05) is 24.0 Å². The van der Waals surface area contributed by atoms with Gasteiger partial charge in [0.05, 0.1) is 10.2 Å². The molecule has 0 amide bonds. The Morgan fingerprint density at radius 1 is 1.32 bits per heavy atom. The summed E-state index contributed by atoms with van der Waals surface area (Å²) in [6.45, 7) is 3.45.